The minimum absolute atomic E-state index is 0.0153. The number of ether oxygens (including phenoxy) is 1. The summed E-state index contributed by atoms with van der Waals surface area (Å²) in [4.78, 5) is 11.7. The van der Waals surface area contributed by atoms with Crippen molar-refractivity contribution in [3.05, 3.63) is 64.7 Å². The number of aryl methyl sites for hydroxylation is 1. The minimum atomic E-state index is -3.73. The second-order valence-electron chi connectivity index (χ2n) is 6.85. The fourth-order valence-electron chi connectivity index (χ4n) is 3.39. The molecule has 0 amide bonds. The molecule has 3 rings (SSSR count). The van der Waals surface area contributed by atoms with Gasteiger partial charge in [-0.15, -0.1) is 0 Å². The molecule has 0 aromatic heterocycles. The zero-order chi connectivity index (χ0) is 19.6. The number of aliphatic carboxylic acids is 1. The Balaban J connectivity index is 1.77. The van der Waals surface area contributed by atoms with Gasteiger partial charge in [0.25, 0.3) is 0 Å². The lowest BCUT2D eigenvalue weighted by molar-refractivity contribution is -0.146. The quantitative estimate of drug-likeness (QED) is 0.784. The molecule has 144 valence electrons. The molecule has 0 heterocycles. The normalized spacial score (nSPS) is 22.7. The molecule has 27 heavy (non-hydrogen) atoms. The lowest BCUT2D eigenvalue weighted by Crippen LogP contribution is -2.25. The Hall–Kier alpha value is -1.89. The molecule has 7 heteroatoms. The Morgan fingerprint density at radius 1 is 1.15 bits per heavy atom. The summed E-state index contributed by atoms with van der Waals surface area (Å²) in [6, 6.07) is 14.0. The lowest BCUT2D eigenvalue weighted by atomic mass is 10.1. The highest BCUT2D eigenvalue weighted by atomic mass is 35.5. The minimum Gasteiger partial charge on any atom is -0.481 e. The summed E-state index contributed by atoms with van der Waals surface area (Å²) >= 11 is 6.05. The number of hydrogen-bond acceptors (Lipinski definition) is 4. The van der Waals surface area contributed by atoms with E-state index in [1.165, 1.54) is 12.1 Å². The predicted octanol–water partition coefficient (Wildman–Crippen LogP) is 3.87. The summed E-state index contributed by atoms with van der Waals surface area (Å²) in [5, 5.41) is 8.84. The zero-order valence-corrected chi connectivity index (χ0v) is 16.4. The van der Waals surface area contributed by atoms with E-state index in [1.54, 1.807) is 12.1 Å². The molecule has 0 radical (unpaired) electrons. The van der Waals surface area contributed by atoms with Crippen LogP contribution in [0.5, 0.6) is 0 Å². The molecule has 0 aliphatic heterocycles. The first-order valence-electron chi connectivity index (χ1n) is 8.67. The molecule has 2 aromatic carbocycles. The van der Waals surface area contributed by atoms with Gasteiger partial charge in [0.2, 0.25) is 0 Å². The zero-order valence-electron chi connectivity index (χ0n) is 14.8. The Bertz CT molecular complexity index is 924. The molecule has 0 spiro atoms. The Kier molecular flexibility index (Phi) is 5.89. The highest BCUT2D eigenvalue weighted by Gasteiger charge is 2.45. The van der Waals surface area contributed by atoms with Crippen molar-refractivity contribution in [1.82, 2.24) is 0 Å². The van der Waals surface area contributed by atoms with Crippen molar-refractivity contribution < 1.29 is 23.1 Å². The molecule has 0 saturated heterocycles. The van der Waals surface area contributed by atoms with E-state index < -0.39 is 33.1 Å². The fourth-order valence-corrected chi connectivity index (χ4v) is 5.72. The number of rotatable bonds is 6. The van der Waals surface area contributed by atoms with Crippen molar-refractivity contribution in [3.63, 3.8) is 0 Å². The van der Waals surface area contributed by atoms with Gasteiger partial charge in [-0.25, -0.2) is 8.42 Å². The van der Waals surface area contributed by atoms with Gasteiger partial charge >= 0.3 is 5.97 Å². The Labute approximate surface area is 163 Å². The van der Waals surface area contributed by atoms with Gasteiger partial charge in [-0.3, -0.25) is 4.79 Å². The maximum atomic E-state index is 12.9. The van der Waals surface area contributed by atoms with E-state index in [4.69, 9.17) is 16.3 Å². The Morgan fingerprint density at radius 2 is 1.81 bits per heavy atom. The molecular formula is C20H21ClO5S. The van der Waals surface area contributed by atoms with Crippen LogP contribution in [-0.4, -0.2) is 30.8 Å². The van der Waals surface area contributed by atoms with E-state index in [-0.39, 0.29) is 29.4 Å². The van der Waals surface area contributed by atoms with Gasteiger partial charge in [-0.2, -0.15) is 0 Å². The van der Waals surface area contributed by atoms with E-state index in [9.17, 15) is 18.3 Å². The van der Waals surface area contributed by atoms with Crippen molar-refractivity contribution in [2.75, 3.05) is 0 Å². The average molecular weight is 409 g/mol. The number of carbonyl (C=O) groups is 1. The summed E-state index contributed by atoms with van der Waals surface area (Å²) < 4.78 is 31.7. The van der Waals surface area contributed by atoms with Crippen molar-refractivity contribution >= 4 is 27.4 Å². The van der Waals surface area contributed by atoms with E-state index >= 15 is 0 Å². The van der Waals surface area contributed by atoms with E-state index in [1.807, 2.05) is 31.2 Å². The topological polar surface area (TPSA) is 80.7 Å². The van der Waals surface area contributed by atoms with Crippen LogP contribution in [0, 0.1) is 12.8 Å². The third-order valence-corrected chi connectivity index (χ3v) is 7.62. The molecular weight excluding hydrogens is 388 g/mol. The summed E-state index contributed by atoms with van der Waals surface area (Å²) in [5.74, 6) is -1.90. The first-order chi connectivity index (χ1) is 12.8. The van der Waals surface area contributed by atoms with Crippen LogP contribution in [0.4, 0.5) is 0 Å². The second-order valence-corrected chi connectivity index (χ2v) is 9.45. The molecule has 3 atom stereocenters. The van der Waals surface area contributed by atoms with Gasteiger partial charge in [0, 0.05) is 0 Å². The van der Waals surface area contributed by atoms with Crippen LogP contribution >= 0.6 is 11.6 Å². The van der Waals surface area contributed by atoms with Crippen LogP contribution in [0.15, 0.2) is 53.4 Å². The van der Waals surface area contributed by atoms with Crippen LogP contribution < -0.4 is 0 Å². The van der Waals surface area contributed by atoms with Crippen molar-refractivity contribution in [1.29, 1.82) is 0 Å². The lowest BCUT2D eigenvalue weighted by Gasteiger charge is -2.16. The first-order valence-corrected chi connectivity index (χ1v) is 10.6. The van der Waals surface area contributed by atoms with Crippen molar-refractivity contribution in [3.8, 4) is 0 Å². The van der Waals surface area contributed by atoms with Crippen LogP contribution in [-0.2, 0) is 26.0 Å². The standard InChI is InChI=1S/C20H21ClO5S/c1-13-6-8-14(9-7-13)12-26-18-11-15(10-16(18)20(22)23)27(24,25)19-5-3-2-4-17(19)21/h2-9,15-16,18H,10-12H2,1H3,(H,22,23)/t15-,16-,18-/m0/s1. The average Bonchev–Trinajstić information content (AvgIpc) is 3.07. The number of carboxylic acid groups (broad SMARTS) is 1. The molecule has 5 nitrogen and oxygen atoms in total. The van der Waals surface area contributed by atoms with Crippen LogP contribution in [0.25, 0.3) is 0 Å². The van der Waals surface area contributed by atoms with Gasteiger partial charge in [0.1, 0.15) is 0 Å². The second kappa shape index (κ2) is 8.00. The van der Waals surface area contributed by atoms with Gasteiger partial charge in [0.05, 0.1) is 33.8 Å². The van der Waals surface area contributed by atoms with E-state index in [0.717, 1.165) is 11.1 Å². The highest BCUT2D eigenvalue weighted by Crippen LogP contribution is 2.38. The van der Waals surface area contributed by atoms with Crippen LogP contribution in [0.2, 0.25) is 5.02 Å². The largest absolute Gasteiger partial charge is 0.481 e. The Morgan fingerprint density at radius 3 is 2.44 bits per heavy atom. The summed E-state index contributed by atoms with van der Waals surface area (Å²) in [7, 11) is -3.73. The molecule has 0 bridgehead atoms. The number of halogens is 1. The number of sulfone groups is 1. The molecule has 1 fully saturated rings. The molecule has 1 saturated carbocycles. The first kappa shape index (κ1) is 19.9. The van der Waals surface area contributed by atoms with Crippen molar-refractivity contribution in [2.45, 2.75) is 42.6 Å². The molecule has 0 unspecified atom stereocenters. The number of hydrogen-bond donors (Lipinski definition) is 1. The molecule has 1 aliphatic rings. The van der Waals surface area contributed by atoms with Crippen molar-refractivity contribution in [2.24, 2.45) is 5.92 Å². The summed E-state index contributed by atoms with van der Waals surface area (Å²) in [6.07, 6.45) is -0.510. The molecule has 2 aromatic rings. The van der Waals surface area contributed by atoms with Crippen LogP contribution in [0.3, 0.4) is 0 Å². The summed E-state index contributed by atoms with van der Waals surface area (Å²) in [5.41, 5.74) is 2.04. The third kappa shape index (κ3) is 4.34. The smallest absolute Gasteiger partial charge is 0.309 e. The van der Waals surface area contributed by atoms with E-state index in [2.05, 4.69) is 0 Å². The predicted molar refractivity (Wildman–Crippen MR) is 103 cm³/mol. The number of carboxylic acids is 1. The van der Waals surface area contributed by atoms with Gasteiger partial charge < -0.3 is 9.84 Å². The molecule has 1 N–H and O–H groups in total. The SMILES string of the molecule is Cc1ccc(CO[C@H]2C[C@@H](S(=O)(=O)c3ccccc3Cl)C[C@@H]2C(=O)O)cc1. The van der Waals surface area contributed by atoms with E-state index in [0.29, 0.717) is 0 Å². The van der Waals surface area contributed by atoms with Gasteiger partial charge in [0.15, 0.2) is 9.84 Å². The maximum Gasteiger partial charge on any atom is 0.309 e. The molecule has 1 aliphatic carbocycles. The fraction of sp³-hybridized carbons (Fsp3) is 0.350. The summed E-state index contributed by atoms with van der Waals surface area (Å²) in [6.45, 7) is 2.22. The monoisotopic (exact) mass is 408 g/mol. The van der Waals surface area contributed by atoms with Crippen LogP contribution in [0.1, 0.15) is 24.0 Å². The maximum absolute atomic E-state index is 12.9. The third-order valence-electron chi connectivity index (χ3n) is 4.94. The van der Waals surface area contributed by atoms with Gasteiger partial charge in [-0.05, 0) is 37.5 Å². The van der Waals surface area contributed by atoms with Gasteiger partial charge in [-0.1, -0.05) is 53.6 Å². The number of benzene rings is 2. The highest BCUT2D eigenvalue weighted by molar-refractivity contribution is 7.92.